The minimum absolute atomic E-state index is 0.0729. The molecule has 2 aromatic carbocycles. The third-order valence-electron chi connectivity index (χ3n) is 6.45. The van der Waals surface area contributed by atoms with Gasteiger partial charge in [-0.05, 0) is 43.6 Å². The molecule has 38 heavy (non-hydrogen) atoms. The van der Waals surface area contributed by atoms with E-state index in [0.717, 1.165) is 32.5 Å². The maximum absolute atomic E-state index is 12.7. The molecule has 3 aromatic rings. The highest BCUT2D eigenvalue weighted by Gasteiger charge is 2.26. The summed E-state index contributed by atoms with van der Waals surface area (Å²) in [5, 5.41) is 18.4. The van der Waals surface area contributed by atoms with Crippen LogP contribution in [0.5, 0.6) is 0 Å². The Kier molecular flexibility index (Phi) is 8.98. The number of hydrogen-bond acceptors (Lipinski definition) is 8. The summed E-state index contributed by atoms with van der Waals surface area (Å²) in [6.45, 7) is 3.26. The molecule has 0 radical (unpaired) electrons. The highest BCUT2D eigenvalue weighted by Crippen LogP contribution is 2.30. The van der Waals surface area contributed by atoms with Crippen molar-refractivity contribution in [3.63, 3.8) is 0 Å². The Bertz CT molecular complexity index is 1360. The fraction of sp³-hybridized carbons (Fsp3) is 0.346. The number of halogens is 2. The van der Waals surface area contributed by atoms with Crippen molar-refractivity contribution in [1.29, 1.82) is 0 Å². The highest BCUT2D eigenvalue weighted by molar-refractivity contribution is 6.39. The first-order valence-corrected chi connectivity index (χ1v) is 13.0. The molecular formula is C26H27Cl2N5O5. The maximum Gasteiger partial charge on any atom is 0.305 e. The number of amides is 1. The summed E-state index contributed by atoms with van der Waals surface area (Å²) in [6, 6.07) is 5.40. The summed E-state index contributed by atoms with van der Waals surface area (Å²) in [5.74, 6) is -1.57. The van der Waals surface area contributed by atoms with Crippen molar-refractivity contribution in [3.8, 4) is 0 Å². The van der Waals surface area contributed by atoms with Gasteiger partial charge >= 0.3 is 5.97 Å². The number of nitrogens with zero attached hydrogens (tertiary/aromatic N) is 2. The van der Waals surface area contributed by atoms with Gasteiger partial charge in [0.15, 0.2) is 0 Å². The number of carboxylic acids is 1. The van der Waals surface area contributed by atoms with E-state index in [2.05, 4.69) is 25.8 Å². The average molecular weight is 560 g/mol. The zero-order valence-corrected chi connectivity index (χ0v) is 21.9. The number of carbonyl (C=O) groups excluding carboxylic acids is 1. The third kappa shape index (κ3) is 6.50. The van der Waals surface area contributed by atoms with Crippen LogP contribution in [0.3, 0.4) is 0 Å². The zero-order valence-electron chi connectivity index (χ0n) is 20.4. The number of likely N-dealkylation sites (tertiary alicyclic amines) is 1. The van der Waals surface area contributed by atoms with Crippen LogP contribution in [0.2, 0.25) is 10.0 Å². The molecule has 10 nitrogen and oxygen atoms in total. The molecule has 0 spiro atoms. The largest absolute Gasteiger partial charge is 0.481 e. The van der Waals surface area contributed by atoms with E-state index in [4.69, 9.17) is 23.2 Å². The number of aliphatic carboxylic acids is 1. The zero-order chi connectivity index (χ0) is 27.2. The Morgan fingerprint density at radius 1 is 0.947 bits per heavy atom. The summed E-state index contributed by atoms with van der Waals surface area (Å²) in [7, 11) is 0. The number of hydrogen-bond donors (Lipinski definition) is 4. The second-order valence-corrected chi connectivity index (χ2v) is 9.90. The van der Waals surface area contributed by atoms with E-state index < -0.39 is 28.8 Å². The summed E-state index contributed by atoms with van der Waals surface area (Å²) in [4.78, 5) is 54.9. The molecular weight excluding hydrogens is 533 g/mol. The predicted molar refractivity (Wildman–Crippen MR) is 147 cm³/mol. The SMILES string of the molecule is O=C(O)CC(Nc1c(NCCN2CCCCC2)c(=O)c1=O)c1ccc(C(=O)Nc2c(Cl)cncc2Cl)cc1. The molecule has 1 fully saturated rings. The first kappa shape index (κ1) is 27.6. The predicted octanol–water partition coefficient (Wildman–Crippen LogP) is 3.76. The van der Waals surface area contributed by atoms with Crippen LogP contribution in [-0.2, 0) is 4.79 Å². The number of carbonyl (C=O) groups is 2. The normalized spacial score (nSPS) is 14.7. The molecule has 1 unspecified atom stereocenters. The quantitative estimate of drug-likeness (QED) is 0.258. The van der Waals surface area contributed by atoms with Crippen molar-refractivity contribution in [1.82, 2.24) is 9.88 Å². The molecule has 200 valence electrons. The second kappa shape index (κ2) is 12.4. The molecule has 12 heteroatoms. The van der Waals surface area contributed by atoms with E-state index in [1.807, 2.05) is 0 Å². The number of nitrogens with one attached hydrogen (secondary N) is 3. The summed E-state index contributed by atoms with van der Waals surface area (Å²) >= 11 is 12.1. The second-order valence-electron chi connectivity index (χ2n) is 9.09. The maximum atomic E-state index is 12.7. The molecule has 2 heterocycles. The third-order valence-corrected chi connectivity index (χ3v) is 7.03. The Morgan fingerprint density at radius 3 is 2.21 bits per heavy atom. The monoisotopic (exact) mass is 559 g/mol. The molecule has 4 rings (SSSR count). The first-order valence-electron chi connectivity index (χ1n) is 12.2. The average Bonchev–Trinajstić information content (AvgIpc) is 2.91. The molecule has 1 atom stereocenters. The number of anilines is 3. The fourth-order valence-electron chi connectivity index (χ4n) is 4.40. The Balaban J connectivity index is 1.45. The van der Waals surface area contributed by atoms with E-state index in [-0.39, 0.29) is 39.1 Å². The molecule has 1 aliphatic rings. The lowest BCUT2D eigenvalue weighted by Gasteiger charge is -2.27. The smallest absolute Gasteiger partial charge is 0.305 e. The topological polar surface area (TPSA) is 141 Å². The molecule has 0 bridgehead atoms. The van der Waals surface area contributed by atoms with Gasteiger partial charge in [0, 0.05) is 31.0 Å². The van der Waals surface area contributed by atoms with Gasteiger partial charge in [0.25, 0.3) is 16.8 Å². The van der Waals surface area contributed by atoms with E-state index in [1.165, 1.54) is 30.9 Å². The van der Waals surface area contributed by atoms with E-state index in [0.29, 0.717) is 12.1 Å². The van der Waals surface area contributed by atoms with Crippen LogP contribution in [0.15, 0.2) is 46.2 Å². The lowest BCUT2D eigenvalue weighted by molar-refractivity contribution is -0.137. The van der Waals surface area contributed by atoms with E-state index in [1.54, 1.807) is 12.1 Å². The van der Waals surface area contributed by atoms with Gasteiger partial charge in [-0.15, -0.1) is 0 Å². The number of carboxylic acid groups (broad SMARTS) is 1. The first-order chi connectivity index (χ1) is 18.2. The summed E-state index contributed by atoms with van der Waals surface area (Å²) in [5.41, 5.74) is -0.0442. The fourth-order valence-corrected chi connectivity index (χ4v) is 4.86. The number of aromatic nitrogens is 1. The Morgan fingerprint density at radius 2 is 1.58 bits per heavy atom. The minimum atomic E-state index is -1.09. The van der Waals surface area contributed by atoms with Crippen molar-refractivity contribution in [2.45, 2.75) is 31.7 Å². The molecule has 1 amide bonds. The number of benzene rings is 1. The van der Waals surface area contributed by atoms with E-state index in [9.17, 15) is 24.3 Å². The van der Waals surface area contributed by atoms with Crippen molar-refractivity contribution in [2.75, 3.05) is 42.1 Å². The Labute approximate surface area is 228 Å². The highest BCUT2D eigenvalue weighted by atomic mass is 35.5. The number of piperidine rings is 1. The van der Waals surface area contributed by atoms with Crippen LogP contribution in [0.1, 0.15) is 47.6 Å². The van der Waals surface area contributed by atoms with Crippen molar-refractivity contribution >= 4 is 52.1 Å². The van der Waals surface area contributed by atoms with Crippen LogP contribution in [0.25, 0.3) is 0 Å². The molecule has 4 N–H and O–H groups in total. The van der Waals surface area contributed by atoms with Crippen LogP contribution in [0.4, 0.5) is 17.1 Å². The summed E-state index contributed by atoms with van der Waals surface area (Å²) < 4.78 is 0. The van der Waals surface area contributed by atoms with Crippen LogP contribution in [-0.4, -0.2) is 53.0 Å². The minimum Gasteiger partial charge on any atom is -0.481 e. The van der Waals surface area contributed by atoms with Gasteiger partial charge in [0.1, 0.15) is 11.4 Å². The molecule has 0 aliphatic carbocycles. The number of pyridine rings is 1. The van der Waals surface area contributed by atoms with Gasteiger partial charge < -0.3 is 26.0 Å². The molecule has 1 aliphatic heterocycles. The van der Waals surface area contributed by atoms with Gasteiger partial charge in [-0.2, -0.15) is 0 Å². The van der Waals surface area contributed by atoms with Crippen molar-refractivity contribution in [3.05, 3.63) is 78.3 Å². The van der Waals surface area contributed by atoms with E-state index >= 15 is 0 Å². The van der Waals surface area contributed by atoms with Gasteiger partial charge in [0.05, 0.1) is 28.2 Å². The van der Waals surface area contributed by atoms with Crippen LogP contribution >= 0.6 is 23.2 Å². The Hall–Kier alpha value is -3.47. The van der Waals surface area contributed by atoms with Gasteiger partial charge in [-0.3, -0.25) is 24.2 Å². The molecule has 1 aromatic heterocycles. The summed E-state index contributed by atoms with van der Waals surface area (Å²) in [6.07, 6.45) is 5.88. The van der Waals surface area contributed by atoms with Crippen LogP contribution in [0, 0.1) is 0 Å². The lowest BCUT2D eigenvalue weighted by atomic mass is 10.0. The number of rotatable bonds is 11. The molecule has 1 saturated heterocycles. The molecule has 0 saturated carbocycles. The van der Waals surface area contributed by atoms with Crippen molar-refractivity contribution < 1.29 is 14.7 Å². The van der Waals surface area contributed by atoms with Gasteiger partial charge in [-0.25, -0.2) is 0 Å². The van der Waals surface area contributed by atoms with Gasteiger partial charge in [0.2, 0.25) is 0 Å². The lowest BCUT2D eigenvalue weighted by Crippen LogP contribution is -2.40. The van der Waals surface area contributed by atoms with Crippen LogP contribution < -0.4 is 26.8 Å². The van der Waals surface area contributed by atoms with Crippen molar-refractivity contribution in [2.24, 2.45) is 0 Å². The standard InChI is InChI=1S/C26H27Cl2N5O5/c27-17-13-29-14-18(28)21(17)32-26(38)16-6-4-15(5-7-16)19(12-20(34)35)31-23-22(24(36)25(23)37)30-8-11-33-9-2-1-3-10-33/h4-7,13-14,19,30-31H,1-3,8-12H2,(H,34,35)(H,29,32,38). The van der Waals surface area contributed by atoms with Gasteiger partial charge in [-0.1, -0.05) is 41.8 Å².